The van der Waals surface area contributed by atoms with Crippen LogP contribution in [-0.2, 0) is 6.54 Å². The van der Waals surface area contributed by atoms with E-state index >= 15 is 0 Å². The van der Waals surface area contributed by atoms with Crippen molar-refractivity contribution in [2.45, 2.75) is 37.8 Å². The fourth-order valence-electron chi connectivity index (χ4n) is 3.43. The molecule has 1 aliphatic rings. The lowest BCUT2D eigenvalue weighted by Gasteiger charge is -2.32. The van der Waals surface area contributed by atoms with Crippen LogP contribution in [0.2, 0.25) is 0 Å². The topological polar surface area (TPSA) is 86.2 Å². The molecule has 1 saturated carbocycles. The number of aromatic nitrogens is 3. The summed E-state index contributed by atoms with van der Waals surface area (Å²) in [6.45, 7) is 0.201. The van der Waals surface area contributed by atoms with E-state index in [4.69, 9.17) is 5.73 Å². The van der Waals surface area contributed by atoms with Gasteiger partial charge in [0.25, 0.3) is 0 Å². The van der Waals surface area contributed by atoms with Gasteiger partial charge in [0.15, 0.2) is 5.65 Å². The molecular weight excluding hydrogens is 361 g/mol. The number of hydrogen-bond donors (Lipinski definition) is 2. The van der Waals surface area contributed by atoms with Crippen molar-refractivity contribution in [2.75, 3.05) is 0 Å². The highest BCUT2D eigenvalue weighted by Gasteiger charge is 2.32. The highest BCUT2D eigenvalue weighted by molar-refractivity contribution is 5.84. The van der Waals surface area contributed by atoms with Crippen LogP contribution in [0.1, 0.15) is 30.0 Å². The van der Waals surface area contributed by atoms with Gasteiger partial charge in [-0.25, -0.2) is 9.67 Å². The normalized spacial score (nSPS) is 19.9. The Hall–Kier alpha value is -2.65. The Morgan fingerprint density at radius 3 is 2.48 bits per heavy atom. The molecule has 0 atom stereocenters. The Labute approximate surface area is 152 Å². The van der Waals surface area contributed by atoms with Gasteiger partial charge in [-0.2, -0.15) is 5.10 Å². The van der Waals surface area contributed by atoms with Crippen molar-refractivity contribution in [2.24, 2.45) is 5.73 Å². The maximum absolute atomic E-state index is 12.3. The van der Waals surface area contributed by atoms with E-state index in [1.54, 1.807) is 10.9 Å². The molecule has 0 bridgehead atoms. The van der Waals surface area contributed by atoms with Crippen LogP contribution in [0.15, 0.2) is 36.5 Å². The van der Waals surface area contributed by atoms with E-state index in [0.717, 1.165) is 10.9 Å². The first-order chi connectivity index (χ1) is 12.9. The molecule has 0 amide bonds. The third-order valence-electron chi connectivity index (χ3n) is 4.73. The number of aliphatic hydroxyl groups excluding tert-OH is 1. The summed E-state index contributed by atoms with van der Waals surface area (Å²) in [5, 5.41) is 15.0. The monoisotopic (exact) mass is 378 g/mol. The Bertz CT molecular complexity index is 963. The van der Waals surface area contributed by atoms with E-state index in [2.05, 4.69) is 14.8 Å². The molecule has 6 nitrogen and oxygen atoms in total. The molecule has 9 heteroatoms. The second-order valence-electron chi connectivity index (χ2n) is 6.53. The third kappa shape index (κ3) is 3.35. The first kappa shape index (κ1) is 17.7. The Morgan fingerprint density at radius 1 is 1.19 bits per heavy atom. The fraction of sp³-hybridized carbons (Fsp3) is 0.333. The Balaban J connectivity index is 1.75. The number of nitrogens with two attached hydrogens (primary N) is 1. The zero-order valence-electron chi connectivity index (χ0n) is 14.1. The number of ether oxygens (including phenoxy) is 1. The van der Waals surface area contributed by atoms with Gasteiger partial charge in [0.05, 0.1) is 17.5 Å². The van der Waals surface area contributed by atoms with E-state index in [-0.39, 0.29) is 24.3 Å². The molecule has 1 fully saturated rings. The quantitative estimate of drug-likeness (QED) is 0.729. The van der Waals surface area contributed by atoms with E-state index in [0.29, 0.717) is 29.9 Å². The number of pyridine rings is 1. The summed E-state index contributed by atoms with van der Waals surface area (Å²) in [5.41, 5.74) is 8.68. The summed E-state index contributed by atoms with van der Waals surface area (Å²) in [4.78, 5) is 4.40. The van der Waals surface area contributed by atoms with Crippen molar-refractivity contribution in [1.29, 1.82) is 0 Å². The van der Waals surface area contributed by atoms with Crippen molar-refractivity contribution >= 4 is 11.0 Å². The van der Waals surface area contributed by atoms with Crippen molar-refractivity contribution in [1.82, 2.24) is 14.8 Å². The van der Waals surface area contributed by atoms with Gasteiger partial charge in [-0.15, -0.1) is 13.2 Å². The van der Waals surface area contributed by atoms with Gasteiger partial charge < -0.3 is 15.6 Å². The average molecular weight is 378 g/mol. The number of nitrogens with zero attached hydrogens (tertiary/aromatic N) is 3. The van der Waals surface area contributed by atoms with Crippen LogP contribution >= 0.6 is 0 Å². The van der Waals surface area contributed by atoms with Crippen LogP contribution in [0.3, 0.4) is 0 Å². The first-order valence-corrected chi connectivity index (χ1v) is 8.46. The largest absolute Gasteiger partial charge is 0.573 e. The van der Waals surface area contributed by atoms with Crippen LogP contribution < -0.4 is 10.5 Å². The minimum Gasteiger partial charge on any atom is -0.406 e. The number of hydrogen-bond acceptors (Lipinski definition) is 5. The number of fused-ring (bicyclic) bond motifs is 1. The van der Waals surface area contributed by atoms with Gasteiger partial charge in [-0.3, -0.25) is 0 Å². The number of aliphatic hydroxyl groups is 1. The summed E-state index contributed by atoms with van der Waals surface area (Å²) in [6.07, 6.45) is -2.01. The maximum Gasteiger partial charge on any atom is 0.573 e. The molecule has 4 rings (SSSR count). The fourth-order valence-corrected chi connectivity index (χ4v) is 3.43. The standard InChI is InChI=1S/C18H17F3N4O2/c19-18(20,21)27-13-3-1-11(2-4-13)25-17-16(15(9-22)24-25)14(5-6-23-17)10-7-12(26)8-10/h1-6,10,12,26H,7-9,22H2. The summed E-state index contributed by atoms with van der Waals surface area (Å²) in [7, 11) is 0. The molecule has 0 saturated heterocycles. The van der Waals surface area contributed by atoms with Gasteiger partial charge in [0.2, 0.25) is 0 Å². The van der Waals surface area contributed by atoms with Crippen LogP contribution in [0.5, 0.6) is 5.75 Å². The van der Waals surface area contributed by atoms with Gasteiger partial charge >= 0.3 is 6.36 Å². The molecule has 2 heterocycles. The molecule has 1 aliphatic carbocycles. The molecule has 0 radical (unpaired) electrons. The molecular formula is C18H17F3N4O2. The molecule has 2 aromatic heterocycles. The second-order valence-corrected chi connectivity index (χ2v) is 6.53. The van der Waals surface area contributed by atoms with E-state index in [1.807, 2.05) is 6.07 Å². The molecule has 142 valence electrons. The van der Waals surface area contributed by atoms with Gasteiger partial charge in [-0.1, -0.05) is 0 Å². The van der Waals surface area contributed by atoms with E-state index in [9.17, 15) is 18.3 Å². The summed E-state index contributed by atoms with van der Waals surface area (Å²) in [6, 6.07) is 7.32. The molecule has 0 unspecified atom stereocenters. The van der Waals surface area contributed by atoms with Gasteiger partial charge in [0, 0.05) is 18.1 Å². The first-order valence-electron chi connectivity index (χ1n) is 8.46. The molecule has 3 aromatic rings. The molecule has 3 N–H and O–H groups in total. The summed E-state index contributed by atoms with van der Waals surface area (Å²) in [5.74, 6) is -0.0881. The van der Waals surface area contributed by atoms with E-state index in [1.165, 1.54) is 24.3 Å². The van der Waals surface area contributed by atoms with Crippen LogP contribution in [0.25, 0.3) is 16.7 Å². The number of halogens is 3. The second kappa shape index (κ2) is 6.50. The zero-order chi connectivity index (χ0) is 19.2. The lowest BCUT2D eigenvalue weighted by atomic mass is 9.77. The smallest absolute Gasteiger partial charge is 0.406 e. The van der Waals surface area contributed by atoms with Crippen molar-refractivity contribution < 1.29 is 23.0 Å². The highest BCUT2D eigenvalue weighted by Crippen LogP contribution is 2.40. The maximum atomic E-state index is 12.3. The van der Waals surface area contributed by atoms with Crippen molar-refractivity contribution in [3.05, 3.63) is 47.8 Å². The Morgan fingerprint density at radius 2 is 1.89 bits per heavy atom. The molecule has 0 spiro atoms. The number of alkyl halides is 3. The molecule has 0 aliphatic heterocycles. The van der Waals surface area contributed by atoms with Crippen LogP contribution in [-0.4, -0.2) is 32.3 Å². The number of benzene rings is 1. The van der Waals surface area contributed by atoms with Crippen molar-refractivity contribution in [3.8, 4) is 11.4 Å². The molecule has 1 aromatic carbocycles. The SMILES string of the molecule is NCc1nn(-c2ccc(OC(F)(F)F)cc2)c2nccc(C3CC(O)C3)c12. The van der Waals surface area contributed by atoms with Gasteiger partial charge in [-0.05, 0) is 54.7 Å². The van der Waals surface area contributed by atoms with Crippen molar-refractivity contribution in [3.63, 3.8) is 0 Å². The highest BCUT2D eigenvalue weighted by atomic mass is 19.4. The average Bonchev–Trinajstić information content (AvgIpc) is 2.97. The predicted octanol–water partition coefficient (Wildman–Crippen LogP) is 3.02. The lowest BCUT2D eigenvalue weighted by Crippen LogP contribution is -2.26. The number of rotatable bonds is 4. The summed E-state index contributed by atoms with van der Waals surface area (Å²) < 4.78 is 42.4. The van der Waals surface area contributed by atoms with Crippen LogP contribution in [0.4, 0.5) is 13.2 Å². The zero-order valence-corrected chi connectivity index (χ0v) is 14.1. The predicted molar refractivity (Wildman–Crippen MR) is 91.4 cm³/mol. The van der Waals surface area contributed by atoms with Crippen LogP contribution in [0, 0.1) is 0 Å². The van der Waals surface area contributed by atoms with E-state index < -0.39 is 6.36 Å². The molecule has 27 heavy (non-hydrogen) atoms. The lowest BCUT2D eigenvalue weighted by molar-refractivity contribution is -0.274. The minimum absolute atomic E-state index is 0.201. The Kier molecular flexibility index (Phi) is 4.27. The summed E-state index contributed by atoms with van der Waals surface area (Å²) >= 11 is 0. The van der Waals surface area contributed by atoms with Gasteiger partial charge in [0.1, 0.15) is 5.75 Å². The third-order valence-corrected chi connectivity index (χ3v) is 4.73. The minimum atomic E-state index is -4.74.